The maximum atomic E-state index is 2.35. The Morgan fingerprint density at radius 3 is 1.90 bits per heavy atom. The molecule has 0 amide bonds. The summed E-state index contributed by atoms with van der Waals surface area (Å²) in [7, 11) is 0.383. The summed E-state index contributed by atoms with van der Waals surface area (Å²) in [5.74, 6) is 0. The van der Waals surface area contributed by atoms with Crippen LogP contribution in [0, 0.1) is 0 Å². The summed E-state index contributed by atoms with van der Waals surface area (Å²) in [6.45, 7) is 0. The van der Waals surface area contributed by atoms with Crippen molar-refractivity contribution >= 4 is 29.4 Å². The molecule has 52 valence electrons. The van der Waals surface area contributed by atoms with Gasteiger partial charge in [-0.3, -0.25) is 0 Å². The molecule has 1 aromatic rings. The molecule has 0 atom stereocenters. The van der Waals surface area contributed by atoms with Crippen LogP contribution in [0.3, 0.4) is 0 Å². The van der Waals surface area contributed by atoms with Gasteiger partial charge in [-0.05, 0) is 0 Å². The number of hydrogen-bond acceptors (Lipinski definition) is 0. The van der Waals surface area contributed by atoms with Gasteiger partial charge >= 0.3 is 0 Å². The fourth-order valence-corrected chi connectivity index (χ4v) is 6.98. The van der Waals surface area contributed by atoms with E-state index in [1.54, 1.807) is 22.5 Å². The molecule has 1 aromatic carbocycles. The van der Waals surface area contributed by atoms with Gasteiger partial charge in [0.2, 0.25) is 0 Å². The molecule has 2 heteroatoms. The van der Waals surface area contributed by atoms with Gasteiger partial charge in [0.25, 0.3) is 0 Å². The highest BCUT2D eigenvalue weighted by Crippen LogP contribution is 1.95. The third-order valence-corrected chi connectivity index (χ3v) is 7.92. The minimum atomic E-state index is 0.192. The molecular weight excluding hydrogens is 152 g/mol. The van der Waals surface area contributed by atoms with Gasteiger partial charge in [0.1, 0.15) is 0 Å². The maximum Gasteiger partial charge on any atom is 0.0542 e. The molecule has 0 aromatic heterocycles. The van der Waals surface area contributed by atoms with E-state index in [0.29, 0.717) is 0 Å². The third-order valence-electron chi connectivity index (χ3n) is 2.26. The summed E-state index contributed by atoms with van der Waals surface area (Å²) in [6.07, 6.45) is 0. The lowest BCUT2D eigenvalue weighted by Crippen LogP contribution is -2.39. The Labute approximate surface area is 66.3 Å². The minimum absolute atomic E-state index is 0.192. The van der Waals surface area contributed by atoms with Crippen LogP contribution in [0.2, 0.25) is 12.1 Å². The second kappa shape index (κ2) is 2.72. The molecule has 0 radical (unpaired) electrons. The molecule has 0 unspecified atom stereocenters. The van der Waals surface area contributed by atoms with E-state index in [-0.39, 0.29) is 19.0 Å². The molecule has 0 saturated heterocycles. The molecule has 2 rings (SSSR count). The largest absolute Gasteiger partial charge is 0.0683 e. The fourth-order valence-electron chi connectivity index (χ4n) is 1.68. The number of hydrogen-bond donors (Lipinski definition) is 0. The number of fused-ring (bicyclic) bond motifs is 1. The highest BCUT2D eigenvalue weighted by atomic mass is 28.2. The van der Waals surface area contributed by atoms with E-state index in [1.807, 2.05) is 0 Å². The lowest BCUT2D eigenvalue weighted by molar-refractivity contribution is 1.41. The first-order valence-corrected chi connectivity index (χ1v) is 7.45. The Bertz CT molecular complexity index is 207. The number of benzene rings is 1. The van der Waals surface area contributed by atoms with Crippen molar-refractivity contribution in [2.45, 2.75) is 12.1 Å². The van der Waals surface area contributed by atoms with Gasteiger partial charge in [-0.15, -0.1) is 0 Å². The van der Waals surface area contributed by atoms with Crippen LogP contribution in [-0.4, -0.2) is 19.0 Å². The first-order valence-electron chi connectivity index (χ1n) is 4.03. The van der Waals surface area contributed by atoms with Crippen molar-refractivity contribution in [3.63, 3.8) is 0 Å². The quantitative estimate of drug-likeness (QED) is 0.437. The van der Waals surface area contributed by atoms with E-state index >= 15 is 0 Å². The van der Waals surface area contributed by atoms with Crippen molar-refractivity contribution in [1.29, 1.82) is 0 Å². The molecule has 10 heavy (non-hydrogen) atoms. The van der Waals surface area contributed by atoms with Crippen LogP contribution in [0.15, 0.2) is 24.3 Å². The van der Waals surface area contributed by atoms with Gasteiger partial charge in [0.15, 0.2) is 0 Å². The molecule has 0 nitrogen and oxygen atoms in total. The van der Waals surface area contributed by atoms with E-state index < -0.39 is 0 Å². The third kappa shape index (κ3) is 1.09. The average Bonchev–Trinajstić information content (AvgIpc) is 2.05. The predicted molar refractivity (Wildman–Crippen MR) is 52.4 cm³/mol. The predicted octanol–water partition coefficient (Wildman–Crippen LogP) is -0.875. The van der Waals surface area contributed by atoms with E-state index in [1.165, 1.54) is 0 Å². The molecule has 0 spiro atoms. The van der Waals surface area contributed by atoms with Crippen LogP contribution in [-0.2, 0) is 0 Å². The summed E-state index contributed by atoms with van der Waals surface area (Å²) >= 11 is 0. The standard InChI is InChI=1S/C8H12Si2/c1-2-4-8-7(3-1)9-5-6-10-8/h1-4H,5-6,9-10H2. The van der Waals surface area contributed by atoms with Gasteiger partial charge in [-0.1, -0.05) is 46.7 Å². The van der Waals surface area contributed by atoms with Crippen molar-refractivity contribution in [3.8, 4) is 0 Å². The first-order chi connectivity index (χ1) is 4.97. The van der Waals surface area contributed by atoms with Crippen LogP contribution in [0.4, 0.5) is 0 Å². The Kier molecular flexibility index (Phi) is 1.73. The smallest absolute Gasteiger partial charge is 0.0542 e. The topological polar surface area (TPSA) is 0 Å². The fraction of sp³-hybridized carbons (Fsp3) is 0.250. The van der Waals surface area contributed by atoms with E-state index in [2.05, 4.69) is 24.3 Å². The van der Waals surface area contributed by atoms with Crippen molar-refractivity contribution in [2.75, 3.05) is 0 Å². The van der Waals surface area contributed by atoms with Crippen molar-refractivity contribution < 1.29 is 0 Å². The van der Waals surface area contributed by atoms with Gasteiger partial charge in [0.05, 0.1) is 19.0 Å². The summed E-state index contributed by atoms with van der Waals surface area (Å²) in [5, 5.41) is 3.56. The Morgan fingerprint density at radius 1 is 0.900 bits per heavy atom. The zero-order chi connectivity index (χ0) is 6.81. The van der Waals surface area contributed by atoms with Crippen LogP contribution in [0.1, 0.15) is 0 Å². The molecule has 0 aliphatic carbocycles. The lowest BCUT2D eigenvalue weighted by atomic mass is 10.4. The number of rotatable bonds is 0. The monoisotopic (exact) mass is 164 g/mol. The Balaban J connectivity index is 2.41. The molecule has 0 N–H and O–H groups in total. The van der Waals surface area contributed by atoms with E-state index in [4.69, 9.17) is 0 Å². The maximum absolute atomic E-state index is 2.35. The van der Waals surface area contributed by atoms with Crippen LogP contribution >= 0.6 is 0 Å². The lowest BCUT2D eigenvalue weighted by Gasteiger charge is -2.13. The molecule has 0 bridgehead atoms. The Hall–Kier alpha value is -0.346. The highest BCUT2D eigenvalue weighted by Gasteiger charge is 2.07. The molecule has 1 heterocycles. The summed E-state index contributed by atoms with van der Waals surface area (Å²) in [5.41, 5.74) is 0. The SMILES string of the molecule is c1ccc2c(c1)[SiH2]CC[SiH2]2. The van der Waals surface area contributed by atoms with E-state index in [9.17, 15) is 0 Å². The molecule has 1 aliphatic heterocycles. The van der Waals surface area contributed by atoms with Gasteiger partial charge in [-0.2, -0.15) is 0 Å². The second-order valence-electron chi connectivity index (χ2n) is 2.98. The van der Waals surface area contributed by atoms with Crippen molar-refractivity contribution in [3.05, 3.63) is 24.3 Å². The average molecular weight is 164 g/mol. The second-order valence-corrected chi connectivity index (χ2v) is 6.91. The van der Waals surface area contributed by atoms with E-state index in [0.717, 1.165) is 0 Å². The van der Waals surface area contributed by atoms with Crippen LogP contribution in [0.5, 0.6) is 0 Å². The van der Waals surface area contributed by atoms with Crippen LogP contribution in [0.25, 0.3) is 0 Å². The van der Waals surface area contributed by atoms with Crippen molar-refractivity contribution in [1.82, 2.24) is 0 Å². The molecule has 0 saturated carbocycles. The zero-order valence-corrected chi connectivity index (χ0v) is 8.97. The zero-order valence-electron chi connectivity index (χ0n) is 6.14. The molecule has 1 aliphatic rings. The molecular formula is C8H12Si2. The normalized spacial score (nSPS) is 21.2. The summed E-state index contributed by atoms with van der Waals surface area (Å²) < 4.78 is 0. The minimum Gasteiger partial charge on any atom is -0.0683 e. The summed E-state index contributed by atoms with van der Waals surface area (Å²) in [4.78, 5) is 0. The van der Waals surface area contributed by atoms with Gasteiger partial charge in [-0.25, -0.2) is 0 Å². The first kappa shape index (κ1) is 6.37. The highest BCUT2D eigenvalue weighted by molar-refractivity contribution is 6.70. The van der Waals surface area contributed by atoms with Crippen molar-refractivity contribution in [2.24, 2.45) is 0 Å². The Morgan fingerprint density at radius 2 is 1.40 bits per heavy atom. The molecule has 0 fully saturated rings. The van der Waals surface area contributed by atoms with Crippen LogP contribution < -0.4 is 10.4 Å². The van der Waals surface area contributed by atoms with Gasteiger partial charge in [0, 0.05) is 0 Å². The summed E-state index contributed by atoms with van der Waals surface area (Å²) in [6, 6.07) is 12.3. The van der Waals surface area contributed by atoms with Gasteiger partial charge < -0.3 is 0 Å².